The number of carbonyl (C=O) groups is 1. The Bertz CT molecular complexity index is 582. The van der Waals surface area contributed by atoms with E-state index in [0.717, 1.165) is 14.9 Å². The van der Waals surface area contributed by atoms with Gasteiger partial charge in [-0.1, -0.05) is 18.2 Å². The number of nitrogen functional groups attached to an aromatic ring is 1. The average Bonchev–Trinajstić information content (AvgIpc) is 2.77. The zero-order valence-electron chi connectivity index (χ0n) is 10.6. The molecule has 0 fully saturated rings. The summed E-state index contributed by atoms with van der Waals surface area (Å²) in [5.74, 6) is 0.0717. The van der Waals surface area contributed by atoms with Gasteiger partial charge in [-0.25, -0.2) is 0 Å². The maximum atomic E-state index is 12.1. The number of benzene rings is 1. The van der Waals surface area contributed by atoms with Crippen molar-refractivity contribution in [2.75, 3.05) is 12.8 Å². The molecule has 0 bridgehead atoms. The number of likely N-dealkylation sites (N-methyl/N-ethyl adjacent to an activating group) is 1. The van der Waals surface area contributed by atoms with Crippen LogP contribution < -0.4 is 5.73 Å². The van der Waals surface area contributed by atoms with E-state index in [2.05, 4.69) is 15.9 Å². The molecule has 0 saturated carbocycles. The molecule has 3 nitrogen and oxygen atoms in total. The monoisotopic (exact) mass is 338 g/mol. The molecular formula is C14H15BrN2OS. The maximum Gasteiger partial charge on any atom is 0.227 e. The van der Waals surface area contributed by atoms with E-state index in [-0.39, 0.29) is 5.91 Å². The Hall–Kier alpha value is -1.33. The minimum atomic E-state index is 0.0717. The number of rotatable bonds is 4. The summed E-state index contributed by atoms with van der Waals surface area (Å²) in [7, 11) is 1.81. The molecule has 0 aliphatic heterocycles. The van der Waals surface area contributed by atoms with Crippen molar-refractivity contribution in [1.82, 2.24) is 4.90 Å². The molecule has 1 amide bonds. The van der Waals surface area contributed by atoms with Gasteiger partial charge in [0.1, 0.15) is 0 Å². The lowest BCUT2D eigenvalue weighted by atomic mass is 10.1. The summed E-state index contributed by atoms with van der Waals surface area (Å²) in [6.45, 7) is 0.627. The van der Waals surface area contributed by atoms with Gasteiger partial charge in [0.25, 0.3) is 0 Å². The SMILES string of the molecule is CN(Cc1cc(Br)cs1)C(=O)Cc1ccccc1N. The van der Waals surface area contributed by atoms with Gasteiger partial charge in [-0.15, -0.1) is 11.3 Å². The van der Waals surface area contributed by atoms with Crippen molar-refractivity contribution < 1.29 is 4.79 Å². The topological polar surface area (TPSA) is 46.3 Å². The maximum absolute atomic E-state index is 12.1. The molecule has 5 heteroatoms. The summed E-state index contributed by atoms with van der Waals surface area (Å²) in [5.41, 5.74) is 7.40. The van der Waals surface area contributed by atoms with Crippen LogP contribution in [0.5, 0.6) is 0 Å². The lowest BCUT2D eigenvalue weighted by Gasteiger charge is -2.16. The molecule has 2 aromatic rings. The molecule has 0 spiro atoms. The second-order valence-electron chi connectivity index (χ2n) is 4.36. The largest absolute Gasteiger partial charge is 0.398 e. The predicted octanol–water partition coefficient (Wildman–Crippen LogP) is 3.29. The van der Waals surface area contributed by atoms with Gasteiger partial charge in [-0.3, -0.25) is 4.79 Å². The highest BCUT2D eigenvalue weighted by molar-refractivity contribution is 9.10. The number of halogens is 1. The van der Waals surface area contributed by atoms with E-state index < -0.39 is 0 Å². The highest BCUT2D eigenvalue weighted by Gasteiger charge is 2.12. The van der Waals surface area contributed by atoms with E-state index in [1.807, 2.05) is 42.8 Å². The van der Waals surface area contributed by atoms with E-state index in [1.165, 1.54) is 0 Å². The van der Waals surface area contributed by atoms with E-state index in [0.29, 0.717) is 18.7 Å². The van der Waals surface area contributed by atoms with Gasteiger partial charge in [0.2, 0.25) is 5.91 Å². The Kier molecular flexibility index (Phi) is 4.61. The molecule has 0 saturated heterocycles. The number of nitrogens with two attached hydrogens (primary N) is 1. The van der Waals surface area contributed by atoms with Crippen LogP contribution in [0.2, 0.25) is 0 Å². The molecule has 0 radical (unpaired) electrons. The van der Waals surface area contributed by atoms with E-state index in [1.54, 1.807) is 16.2 Å². The Morgan fingerprint density at radius 3 is 2.79 bits per heavy atom. The standard InChI is InChI=1S/C14H15BrN2OS/c1-17(8-12-7-11(15)9-19-12)14(18)6-10-4-2-3-5-13(10)16/h2-5,7,9H,6,8,16H2,1H3. The lowest BCUT2D eigenvalue weighted by Crippen LogP contribution is -2.27. The van der Waals surface area contributed by atoms with Crippen molar-refractivity contribution in [2.45, 2.75) is 13.0 Å². The van der Waals surface area contributed by atoms with E-state index in [4.69, 9.17) is 5.73 Å². The first kappa shape index (κ1) is 14.1. The van der Waals surface area contributed by atoms with Gasteiger partial charge in [0.15, 0.2) is 0 Å². The summed E-state index contributed by atoms with van der Waals surface area (Å²) in [4.78, 5) is 15.0. The number of para-hydroxylation sites is 1. The number of hydrogen-bond donors (Lipinski definition) is 1. The van der Waals surface area contributed by atoms with Crippen molar-refractivity contribution in [2.24, 2.45) is 0 Å². The second-order valence-corrected chi connectivity index (χ2v) is 6.27. The third kappa shape index (κ3) is 3.81. The molecule has 1 heterocycles. The fraction of sp³-hybridized carbons (Fsp3) is 0.214. The molecular weight excluding hydrogens is 324 g/mol. The molecule has 2 N–H and O–H groups in total. The van der Waals surface area contributed by atoms with Gasteiger partial charge < -0.3 is 10.6 Å². The van der Waals surface area contributed by atoms with Crippen LogP contribution in [0, 0.1) is 0 Å². The summed E-state index contributed by atoms with van der Waals surface area (Å²) < 4.78 is 1.06. The van der Waals surface area contributed by atoms with Crippen LogP contribution >= 0.6 is 27.3 Å². The molecule has 0 unspecified atom stereocenters. The first-order chi connectivity index (χ1) is 9.06. The molecule has 1 aromatic carbocycles. The highest BCUT2D eigenvalue weighted by Crippen LogP contribution is 2.21. The average molecular weight is 339 g/mol. The molecule has 1 aromatic heterocycles. The smallest absolute Gasteiger partial charge is 0.227 e. The van der Waals surface area contributed by atoms with Crippen molar-refractivity contribution in [3.8, 4) is 0 Å². The lowest BCUT2D eigenvalue weighted by molar-refractivity contribution is -0.129. The van der Waals surface area contributed by atoms with Crippen LogP contribution in [-0.4, -0.2) is 17.9 Å². The van der Waals surface area contributed by atoms with Crippen molar-refractivity contribution in [3.05, 3.63) is 50.6 Å². The first-order valence-electron chi connectivity index (χ1n) is 5.86. The number of hydrogen-bond acceptors (Lipinski definition) is 3. The molecule has 100 valence electrons. The molecule has 19 heavy (non-hydrogen) atoms. The summed E-state index contributed by atoms with van der Waals surface area (Å²) in [5, 5.41) is 2.02. The number of carbonyl (C=O) groups excluding carboxylic acids is 1. The third-order valence-corrected chi connectivity index (χ3v) is 4.52. The summed E-state index contributed by atoms with van der Waals surface area (Å²) in [6.07, 6.45) is 0.343. The van der Waals surface area contributed by atoms with Crippen LogP contribution in [0.25, 0.3) is 0 Å². The van der Waals surface area contributed by atoms with Crippen LogP contribution in [0.15, 0.2) is 40.2 Å². The third-order valence-electron chi connectivity index (χ3n) is 2.84. The van der Waals surface area contributed by atoms with Gasteiger partial charge >= 0.3 is 0 Å². The fourth-order valence-corrected chi connectivity index (χ4v) is 3.26. The van der Waals surface area contributed by atoms with Gasteiger partial charge in [0, 0.05) is 27.5 Å². The predicted molar refractivity (Wildman–Crippen MR) is 83.1 cm³/mol. The Balaban J connectivity index is 1.98. The van der Waals surface area contributed by atoms with Crippen LogP contribution in [-0.2, 0) is 17.8 Å². The van der Waals surface area contributed by atoms with Gasteiger partial charge in [-0.05, 0) is 33.6 Å². The molecule has 0 aliphatic rings. The second kappa shape index (κ2) is 6.21. The minimum Gasteiger partial charge on any atom is -0.398 e. The number of anilines is 1. The van der Waals surface area contributed by atoms with E-state index >= 15 is 0 Å². The van der Waals surface area contributed by atoms with Crippen LogP contribution in [0.3, 0.4) is 0 Å². The zero-order valence-corrected chi connectivity index (χ0v) is 13.0. The Labute approximate surface area is 125 Å². The number of nitrogens with zero attached hydrogens (tertiary/aromatic N) is 1. The van der Waals surface area contributed by atoms with Crippen LogP contribution in [0.4, 0.5) is 5.69 Å². The molecule has 2 rings (SSSR count). The van der Waals surface area contributed by atoms with Gasteiger partial charge in [0.05, 0.1) is 13.0 Å². The summed E-state index contributed by atoms with van der Waals surface area (Å²) >= 11 is 5.05. The first-order valence-corrected chi connectivity index (χ1v) is 7.54. The normalized spacial score (nSPS) is 10.4. The minimum absolute atomic E-state index is 0.0717. The quantitative estimate of drug-likeness (QED) is 0.869. The highest BCUT2D eigenvalue weighted by atomic mass is 79.9. The number of thiophene rings is 1. The number of amides is 1. The summed E-state index contributed by atoms with van der Waals surface area (Å²) in [6, 6.07) is 9.51. The fourth-order valence-electron chi connectivity index (χ4n) is 1.75. The Morgan fingerprint density at radius 1 is 1.42 bits per heavy atom. The van der Waals surface area contributed by atoms with E-state index in [9.17, 15) is 4.79 Å². The zero-order chi connectivity index (χ0) is 13.8. The van der Waals surface area contributed by atoms with Crippen molar-refractivity contribution in [1.29, 1.82) is 0 Å². The van der Waals surface area contributed by atoms with Gasteiger partial charge in [-0.2, -0.15) is 0 Å². The molecule has 0 aliphatic carbocycles. The van der Waals surface area contributed by atoms with Crippen LogP contribution in [0.1, 0.15) is 10.4 Å². The van der Waals surface area contributed by atoms with Crippen molar-refractivity contribution in [3.63, 3.8) is 0 Å². The molecule has 0 atom stereocenters. The van der Waals surface area contributed by atoms with Crippen molar-refractivity contribution >= 4 is 38.9 Å². The Morgan fingerprint density at radius 2 is 2.16 bits per heavy atom.